The topological polar surface area (TPSA) is 64.1 Å². The lowest BCUT2D eigenvalue weighted by atomic mass is 10.1. The minimum Gasteiger partial charge on any atom is -0.378 e. The second-order valence-corrected chi connectivity index (χ2v) is 4.32. The van der Waals surface area contributed by atoms with Crippen LogP contribution in [0, 0.1) is 0 Å². The van der Waals surface area contributed by atoms with E-state index in [9.17, 15) is 4.79 Å². The van der Waals surface area contributed by atoms with Gasteiger partial charge in [0.1, 0.15) is 0 Å². The zero-order chi connectivity index (χ0) is 12.2. The number of halogens is 1. The Labute approximate surface area is 99.2 Å². The number of hydrogen-bond acceptors (Lipinski definition) is 4. The predicted octanol–water partition coefficient (Wildman–Crippen LogP) is 1.88. The van der Waals surface area contributed by atoms with Crippen molar-refractivity contribution in [1.82, 2.24) is 10.2 Å². The Morgan fingerprint density at radius 3 is 2.69 bits per heavy atom. The Bertz CT molecular complexity index is 365. The SMILES string of the molecule is COC(C)(C)CC(=O)Nc1ccc(Cl)nn1. The summed E-state index contributed by atoms with van der Waals surface area (Å²) in [7, 11) is 1.56. The molecule has 0 aliphatic carbocycles. The first-order valence-corrected chi connectivity index (χ1v) is 5.15. The van der Waals surface area contributed by atoms with Gasteiger partial charge in [-0.3, -0.25) is 4.79 Å². The fourth-order valence-electron chi connectivity index (χ4n) is 1.03. The maximum Gasteiger partial charge on any atom is 0.228 e. The van der Waals surface area contributed by atoms with Gasteiger partial charge in [0.2, 0.25) is 5.91 Å². The highest BCUT2D eigenvalue weighted by atomic mass is 35.5. The molecular formula is C10H14ClN3O2. The third-order valence-electron chi connectivity index (χ3n) is 2.04. The Balaban J connectivity index is 2.55. The van der Waals surface area contributed by atoms with Crippen LogP contribution in [0.5, 0.6) is 0 Å². The number of nitrogens with one attached hydrogen (secondary N) is 1. The largest absolute Gasteiger partial charge is 0.378 e. The molecule has 0 spiro atoms. The maximum absolute atomic E-state index is 11.6. The Hall–Kier alpha value is -1.20. The first-order valence-electron chi connectivity index (χ1n) is 4.77. The molecule has 1 heterocycles. The van der Waals surface area contributed by atoms with E-state index >= 15 is 0 Å². The van der Waals surface area contributed by atoms with Gasteiger partial charge in [-0.15, -0.1) is 10.2 Å². The molecular weight excluding hydrogens is 230 g/mol. The Morgan fingerprint density at radius 2 is 2.19 bits per heavy atom. The van der Waals surface area contributed by atoms with Gasteiger partial charge in [0.25, 0.3) is 0 Å². The Kier molecular flexibility index (Phi) is 4.20. The molecule has 1 rings (SSSR count). The maximum atomic E-state index is 11.6. The second kappa shape index (κ2) is 5.23. The van der Waals surface area contributed by atoms with Crippen LogP contribution >= 0.6 is 11.6 Å². The van der Waals surface area contributed by atoms with E-state index in [4.69, 9.17) is 16.3 Å². The molecule has 1 aromatic rings. The highest BCUT2D eigenvalue weighted by Crippen LogP contribution is 2.14. The molecule has 0 saturated heterocycles. The van der Waals surface area contributed by atoms with Gasteiger partial charge >= 0.3 is 0 Å². The van der Waals surface area contributed by atoms with Crippen molar-refractivity contribution >= 4 is 23.3 Å². The molecule has 16 heavy (non-hydrogen) atoms. The molecule has 0 aliphatic heterocycles. The van der Waals surface area contributed by atoms with Crippen LogP contribution in [0.3, 0.4) is 0 Å². The third kappa shape index (κ3) is 4.12. The molecule has 88 valence electrons. The third-order valence-corrected chi connectivity index (χ3v) is 2.24. The first kappa shape index (κ1) is 12.9. The molecule has 0 fully saturated rings. The standard InChI is InChI=1S/C10H14ClN3O2/c1-10(2,16-3)6-9(15)12-8-5-4-7(11)13-14-8/h4-5H,6H2,1-3H3,(H,12,14,15). The zero-order valence-corrected chi connectivity index (χ0v) is 10.2. The number of carbonyl (C=O) groups is 1. The monoisotopic (exact) mass is 243 g/mol. The number of carbonyl (C=O) groups excluding carboxylic acids is 1. The van der Waals surface area contributed by atoms with Crippen molar-refractivity contribution in [1.29, 1.82) is 0 Å². The van der Waals surface area contributed by atoms with Crippen LogP contribution in [0.2, 0.25) is 5.15 Å². The lowest BCUT2D eigenvalue weighted by Gasteiger charge is -2.21. The molecule has 0 unspecified atom stereocenters. The van der Waals surface area contributed by atoms with Crippen LogP contribution in [0.25, 0.3) is 0 Å². The molecule has 1 aromatic heterocycles. The quantitative estimate of drug-likeness (QED) is 0.877. The normalized spacial score (nSPS) is 11.2. The van der Waals surface area contributed by atoms with Crippen molar-refractivity contribution in [3.63, 3.8) is 0 Å². The molecule has 1 amide bonds. The van der Waals surface area contributed by atoms with E-state index in [1.165, 1.54) is 0 Å². The minimum absolute atomic E-state index is 0.177. The van der Waals surface area contributed by atoms with Crippen LogP contribution < -0.4 is 5.32 Å². The average Bonchev–Trinajstić information content (AvgIpc) is 2.21. The van der Waals surface area contributed by atoms with Gasteiger partial charge in [0, 0.05) is 7.11 Å². The van der Waals surface area contributed by atoms with E-state index in [1.54, 1.807) is 19.2 Å². The van der Waals surface area contributed by atoms with E-state index < -0.39 is 5.60 Å². The summed E-state index contributed by atoms with van der Waals surface area (Å²) in [6.45, 7) is 3.67. The fourth-order valence-corrected chi connectivity index (χ4v) is 1.13. The van der Waals surface area contributed by atoms with E-state index in [-0.39, 0.29) is 17.5 Å². The summed E-state index contributed by atoms with van der Waals surface area (Å²) in [4.78, 5) is 11.6. The van der Waals surface area contributed by atoms with Crippen molar-refractivity contribution in [2.24, 2.45) is 0 Å². The zero-order valence-electron chi connectivity index (χ0n) is 9.45. The summed E-state index contributed by atoms with van der Waals surface area (Å²) in [5, 5.41) is 10.2. The fraction of sp³-hybridized carbons (Fsp3) is 0.500. The summed E-state index contributed by atoms with van der Waals surface area (Å²) in [6.07, 6.45) is 0.244. The molecule has 0 radical (unpaired) electrons. The molecule has 0 aliphatic rings. The van der Waals surface area contributed by atoms with Crippen LogP contribution in [0.4, 0.5) is 5.82 Å². The number of nitrogens with zero attached hydrogens (tertiary/aromatic N) is 2. The smallest absolute Gasteiger partial charge is 0.228 e. The van der Waals surface area contributed by atoms with Crippen molar-refractivity contribution < 1.29 is 9.53 Å². The predicted molar refractivity (Wildman–Crippen MR) is 61.4 cm³/mol. The number of anilines is 1. The summed E-state index contributed by atoms with van der Waals surface area (Å²) < 4.78 is 5.15. The van der Waals surface area contributed by atoms with Crippen LogP contribution in [0.1, 0.15) is 20.3 Å². The van der Waals surface area contributed by atoms with Crippen LogP contribution in [-0.4, -0.2) is 28.8 Å². The highest BCUT2D eigenvalue weighted by molar-refractivity contribution is 6.29. The molecule has 0 bridgehead atoms. The van der Waals surface area contributed by atoms with Crippen molar-refractivity contribution in [3.05, 3.63) is 17.3 Å². The van der Waals surface area contributed by atoms with E-state index in [2.05, 4.69) is 15.5 Å². The molecule has 0 atom stereocenters. The molecule has 6 heteroatoms. The summed E-state index contributed by atoms with van der Waals surface area (Å²) in [5.74, 6) is 0.199. The summed E-state index contributed by atoms with van der Waals surface area (Å²) in [5.41, 5.74) is -0.496. The van der Waals surface area contributed by atoms with Gasteiger partial charge in [-0.2, -0.15) is 0 Å². The van der Waals surface area contributed by atoms with Gasteiger partial charge in [-0.25, -0.2) is 0 Å². The van der Waals surface area contributed by atoms with E-state index in [0.717, 1.165) is 0 Å². The lowest BCUT2D eigenvalue weighted by molar-refractivity contribution is -0.121. The summed E-state index contributed by atoms with van der Waals surface area (Å²) in [6, 6.07) is 3.15. The summed E-state index contributed by atoms with van der Waals surface area (Å²) >= 11 is 5.57. The minimum atomic E-state index is -0.496. The van der Waals surface area contributed by atoms with E-state index in [0.29, 0.717) is 5.82 Å². The van der Waals surface area contributed by atoms with E-state index in [1.807, 2.05) is 13.8 Å². The van der Waals surface area contributed by atoms with Crippen LogP contribution in [-0.2, 0) is 9.53 Å². The van der Waals surface area contributed by atoms with Gasteiger partial charge in [0.05, 0.1) is 12.0 Å². The van der Waals surface area contributed by atoms with Crippen LogP contribution in [0.15, 0.2) is 12.1 Å². The van der Waals surface area contributed by atoms with Gasteiger partial charge in [-0.1, -0.05) is 11.6 Å². The molecule has 1 N–H and O–H groups in total. The molecule has 0 saturated carbocycles. The van der Waals surface area contributed by atoms with Gasteiger partial charge in [0.15, 0.2) is 11.0 Å². The highest BCUT2D eigenvalue weighted by Gasteiger charge is 2.21. The number of methoxy groups -OCH3 is 1. The number of aromatic nitrogens is 2. The first-order chi connectivity index (χ1) is 7.43. The second-order valence-electron chi connectivity index (χ2n) is 3.93. The number of hydrogen-bond donors (Lipinski definition) is 1. The average molecular weight is 244 g/mol. The molecule has 0 aromatic carbocycles. The Morgan fingerprint density at radius 1 is 1.50 bits per heavy atom. The lowest BCUT2D eigenvalue weighted by Crippen LogP contribution is -2.29. The number of amides is 1. The number of rotatable bonds is 4. The van der Waals surface area contributed by atoms with Crippen molar-refractivity contribution in [2.45, 2.75) is 25.9 Å². The number of ether oxygens (including phenoxy) is 1. The molecule has 5 nitrogen and oxygen atoms in total. The van der Waals surface area contributed by atoms with Gasteiger partial charge in [-0.05, 0) is 26.0 Å². The van der Waals surface area contributed by atoms with Crippen molar-refractivity contribution in [2.75, 3.05) is 12.4 Å². The van der Waals surface area contributed by atoms with Gasteiger partial charge < -0.3 is 10.1 Å². The van der Waals surface area contributed by atoms with Crippen molar-refractivity contribution in [3.8, 4) is 0 Å².